The van der Waals surface area contributed by atoms with Gasteiger partial charge in [0.2, 0.25) is 0 Å². The minimum absolute atomic E-state index is 0.376. The van der Waals surface area contributed by atoms with E-state index in [1.165, 1.54) is 11.1 Å². The number of aryl methyl sites for hydroxylation is 1. The molecule has 1 aliphatic heterocycles. The van der Waals surface area contributed by atoms with Crippen LogP contribution >= 0.6 is 0 Å². The molecular weight excluding hydrogens is 314 g/mol. The van der Waals surface area contributed by atoms with Crippen LogP contribution in [0, 0.1) is 0 Å². The van der Waals surface area contributed by atoms with Gasteiger partial charge >= 0.3 is 0 Å². The van der Waals surface area contributed by atoms with Gasteiger partial charge in [0.05, 0.1) is 12.6 Å². The number of hydrogen-bond acceptors (Lipinski definition) is 3. The van der Waals surface area contributed by atoms with Gasteiger partial charge < -0.3 is 20.1 Å². The molecule has 140 valence electrons. The van der Waals surface area contributed by atoms with Gasteiger partial charge in [-0.25, -0.2) is 4.99 Å². The fourth-order valence-electron chi connectivity index (χ4n) is 2.93. The van der Waals surface area contributed by atoms with Crippen molar-refractivity contribution in [2.24, 2.45) is 4.99 Å². The fourth-order valence-corrected chi connectivity index (χ4v) is 2.93. The zero-order chi connectivity index (χ0) is 17.7. The van der Waals surface area contributed by atoms with E-state index >= 15 is 0 Å². The monoisotopic (exact) mass is 347 g/mol. The molecule has 0 spiro atoms. The number of hydrogen-bond donors (Lipinski definition) is 2. The van der Waals surface area contributed by atoms with Crippen molar-refractivity contribution in [2.75, 3.05) is 32.9 Å². The molecule has 1 aliphatic rings. The highest BCUT2D eigenvalue weighted by molar-refractivity contribution is 5.79. The Morgan fingerprint density at radius 3 is 2.64 bits per heavy atom. The van der Waals surface area contributed by atoms with E-state index in [0.29, 0.717) is 12.6 Å². The quantitative estimate of drug-likeness (QED) is 0.410. The van der Waals surface area contributed by atoms with Crippen LogP contribution in [0.1, 0.15) is 44.2 Å². The highest BCUT2D eigenvalue weighted by Crippen LogP contribution is 2.11. The predicted octanol–water partition coefficient (Wildman–Crippen LogP) is 2.89. The van der Waals surface area contributed by atoms with E-state index in [0.717, 1.165) is 64.6 Å². The van der Waals surface area contributed by atoms with Crippen molar-refractivity contribution in [3.05, 3.63) is 35.4 Å². The number of guanidine groups is 1. The minimum atomic E-state index is 0.376. The van der Waals surface area contributed by atoms with Gasteiger partial charge in [-0.1, -0.05) is 31.2 Å². The van der Waals surface area contributed by atoms with Crippen LogP contribution in [0.3, 0.4) is 0 Å². The normalized spacial score (nSPS) is 16.0. The lowest BCUT2D eigenvalue weighted by atomic mass is 10.1. The average Bonchev–Trinajstić information content (AvgIpc) is 2.66. The van der Waals surface area contributed by atoms with Crippen LogP contribution in [0.25, 0.3) is 0 Å². The first-order valence-electron chi connectivity index (χ1n) is 9.61. The van der Waals surface area contributed by atoms with Crippen LogP contribution < -0.4 is 10.6 Å². The third-order valence-electron chi connectivity index (χ3n) is 4.39. The molecule has 1 aromatic carbocycles. The molecule has 0 amide bonds. The van der Waals surface area contributed by atoms with Gasteiger partial charge in [-0.05, 0) is 43.7 Å². The summed E-state index contributed by atoms with van der Waals surface area (Å²) in [5.41, 5.74) is 2.66. The molecule has 0 radical (unpaired) electrons. The minimum Gasteiger partial charge on any atom is -0.381 e. The Kier molecular flexibility index (Phi) is 9.37. The van der Waals surface area contributed by atoms with E-state index in [9.17, 15) is 0 Å². The zero-order valence-electron chi connectivity index (χ0n) is 15.7. The number of ether oxygens (including phenoxy) is 2. The third kappa shape index (κ3) is 7.45. The number of rotatable bonds is 9. The van der Waals surface area contributed by atoms with Gasteiger partial charge in [0.25, 0.3) is 0 Å². The molecule has 1 aromatic rings. The van der Waals surface area contributed by atoms with Crippen LogP contribution in [0.15, 0.2) is 29.3 Å². The lowest BCUT2D eigenvalue weighted by Gasteiger charge is -2.22. The maximum Gasteiger partial charge on any atom is 0.191 e. The summed E-state index contributed by atoms with van der Waals surface area (Å²) in [7, 11) is 0. The smallest absolute Gasteiger partial charge is 0.191 e. The van der Waals surface area contributed by atoms with Crippen molar-refractivity contribution in [3.8, 4) is 0 Å². The first-order valence-corrected chi connectivity index (χ1v) is 9.61. The fraction of sp³-hybridized carbons (Fsp3) is 0.650. The average molecular weight is 348 g/mol. The van der Waals surface area contributed by atoms with Crippen molar-refractivity contribution in [1.82, 2.24) is 10.6 Å². The van der Waals surface area contributed by atoms with Crippen molar-refractivity contribution in [1.29, 1.82) is 0 Å². The van der Waals surface area contributed by atoms with E-state index in [-0.39, 0.29) is 0 Å². The van der Waals surface area contributed by atoms with Crippen molar-refractivity contribution < 1.29 is 9.47 Å². The molecule has 0 atom stereocenters. The topological polar surface area (TPSA) is 54.9 Å². The number of benzene rings is 1. The third-order valence-corrected chi connectivity index (χ3v) is 4.39. The van der Waals surface area contributed by atoms with E-state index in [2.05, 4.69) is 48.7 Å². The zero-order valence-corrected chi connectivity index (χ0v) is 15.7. The number of nitrogens with zero attached hydrogens (tertiary/aromatic N) is 1. The molecule has 0 aliphatic carbocycles. The van der Waals surface area contributed by atoms with Crippen molar-refractivity contribution >= 4 is 5.96 Å². The first-order chi connectivity index (χ1) is 12.3. The van der Waals surface area contributed by atoms with Crippen molar-refractivity contribution in [3.63, 3.8) is 0 Å². The summed E-state index contributed by atoms with van der Waals surface area (Å²) in [6.45, 7) is 9.16. The van der Waals surface area contributed by atoms with Crippen LogP contribution in [-0.2, 0) is 22.4 Å². The van der Waals surface area contributed by atoms with E-state index in [4.69, 9.17) is 14.5 Å². The molecule has 5 nitrogen and oxygen atoms in total. The van der Waals surface area contributed by atoms with Crippen LogP contribution in [0.2, 0.25) is 0 Å². The summed E-state index contributed by atoms with van der Waals surface area (Å²) in [6.07, 6.45) is 4.44. The largest absolute Gasteiger partial charge is 0.381 e. The molecule has 0 unspecified atom stereocenters. The molecule has 1 saturated heterocycles. The van der Waals surface area contributed by atoms with Crippen LogP contribution in [-0.4, -0.2) is 45.0 Å². The predicted molar refractivity (Wildman–Crippen MR) is 103 cm³/mol. The molecule has 2 rings (SSSR count). The summed E-state index contributed by atoms with van der Waals surface area (Å²) >= 11 is 0. The van der Waals surface area contributed by atoms with E-state index < -0.39 is 0 Å². The van der Waals surface area contributed by atoms with Gasteiger partial charge in [-0.2, -0.15) is 0 Å². The Bertz CT molecular complexity index is 513. The second-order valence-electron chi connectivity index (χ2n) is 6.28. The molecule has 1 fully saturated rings. The SMILES string of the molecule is CCNC(=NCc1ccccc1CC)NCCCOC1CCOCC1. The summed E-state index contributed by atoms with van der Waals surface area (Å²) in [6, 6.07) is 8.51. The summed E-state index contributed by atoms with van der Waals surface area (Å²) in [5, 5.41) is 6.71. The van der Waals surface area contributed by atoms with Gasteiger partial charge in [0.1, 0.15) is 0 Å². The Morgan fingerprint density at radius 2 is 1.92 bits per heavy atom. The molecular formula is C20H33N3O2. The Morgan fingerprint density at radius 1 is 1.16 bits per heavy atom. The number of nitrogens with one attached hydrogen (secondary N) is 2. The standard InChI is InChI=1S/C20H33N3O2/c1-3-17-8-5-6-9-18(17)16-23-20(21-4-2)22-12-7-13-25-19-10-14-24-15-11-19/h5-6,8-9,19H,3-4,7,10-16H2,1-2H3,(H2,21,22,23). The molecule has 2 N–H and O–H groups in total. The molecule has 5 heteroatoms. The number of aliphatic imine (C=N–C) groups is 1. The van der Waals surface area contributed by atoms with E-state index in [1.807, 2.05) is 0 Å². The lowest BCUT2D eigenvalue weighted by molar-refractivity contribution is -0.0320. The molecule has 0 aromatic heterocycles. The van der Waals surface area contributed by atoms with E-state index in [1.54, 1.807) is 0 Å². The summed E-state index contributed by atoms with van der Waals surface area (Å²) in [5.74, 6) is 0.875. The van der Waals surface area contributed by atoms with Crippen molar-refractivity contribution in [2.45, 2.75) is 52.2 Å². The highest BCUT2D eigenvalue weighted by atomic mass is 16.5. The summed E-state index contributed by atoms with van der Waals surface area (Å²) < 4.78 is 11.3. The van der Waals surface area contributed by atoms with Gasteiger partial charge in [-0.15, -0.1) is 0 Å². The van der Waals surface area contributed by atoms with Gasteiger partial charge in [0, 0.05) is 32.9 Å². The summed E-state index contributed by atoms with van der Waals surface area (Å²) in [4.78, 5) is 4.72. The molecule has 0 saturated carbocycles. The molecule has 25 heavy (non-hydrogen) atoms. The first kappa shape index (κ1) is 19.7. The maximum absolute atomic E-state index is 5.90. The lowest BCUT2D eigenvalue weighted by Crippen LogP contribution is -2.38. The maximum atomic E-state index is 5.90. The molecule has 0 bridgehead atoms. The second kappa shape index (κ2) is 11.9. The molecule has 1 heterocycles. The second-order valence-corrected chi connectivity index (χ2v) is 6.28. The Hall–Kier alpha value is -1.59. The van der Waals surface area contributed by atoms with Crippen LogP contribution in [0.4, 0.5) is 0 Å². The highest BCUT2D eigenvalue weighted by Gasteiger charge is 2.13. The Labute approximate surface area is 152 Å². The van der Waals surface area contributed by atoms with Crippen LogP contribution in [0.5, 0.6) is 0 Å². The van der Waals surface area contributed by atoms with Gasteiger partial charge in [0.15, 0.2) is 5.96 Å². The Balaban J connectivity index is 1.71. The van der Waals surface area contributed by atoms with Gasteiger partial charge in [-0.3, -0.25) is 0 Å².